The first-order valence-electron chi connectivity index (χ1n) is 8.31. The van der Waals surface area contributed by atoms with Crippen molar-refractivity contribution in [3.8, 4) is 0 Å². The number of amides is 1. The lowest BCUT2D eigenvalue weighted by molar-refractivity contribution is -0.0731. The van der Waals surface area contributed by atoms with Gasteiger partial charge in [-0.3, -0.25) is 0 Å². The molecule has 140 valence electrons. The molecular formula is C18H33NO5. The molecule has 0 fully saturated rings. The van der Waals surface area contributed by atoms with Gasteiger partial charge in [-0.15, -0.1) is 6.58 Å². The molecule has 0 aromatic rings. The van der Waals surface area contributed by atoms with Gasteiger partial charge in [0, 0.05) is 13.7 Å². The molecule has 0 aromatic carbocycles. The normalized spacial score (nSPS) is 14.4. The fraction of sp³-hybridized carbons (Fsp3) is 0.722. The van der Waals surface area contributed by atoms with E-state index in [-0.39, 0.29) is 12.9 Å². The zero-order chi connectivity index (χ0) is 18.4. The van der Waals surface area contributed by atoms with Gasteiger partial charge in [-0.2, -0.15) is 0 Å². The van der Waals surface area contributed by atoms with Crippen molar-refractivity contribution in [3.05, 3.63) is 24.8 Å². The second-order valence-corrected chi connectivity index (χ2v) is 6.52. The molecule has 0 aromatic heterocycles. The molecule has 0 aliphatic rings. The van der Waals surface area contributed by atoms with Gasteiger partial charge in [0.2, 0.25) is 0 Å². The second-order valence-electron chi connectivity index (χ2n) is 6.52. The van der Waals surface area contributed by atoms with Crippen LogP contribution in [0.4, 0.5) is 4.79 Å². The molecule has 0 saturated heterocycles. The number of methoxy groups -OCH3 is 1. The molecule has 2 N–H and O–H groups in total. The molecule has 24 heavy (non-hydrogen) atoms. The summed E-state index contributed by atoms with van der Waals surface area (Å²) in [6.45, 7) is 9.81. The maximum atomic E-state index is 11.6. The van der Waals surface area contributed by atoms with E-state index in [2.05, 4.69) is 11.9 Å². The van der Waals surface area contributed by atoms with Crippen LogP contribution in [0.3, 0.4) is 0 Å². The van der Waals surface area contributed by atoms with Gasteiger partial charge < -0.3 is 24.6 Å². The lowest BCUT2D eigenvalue weighted by Gasteiger charge is -2.20. The predicted molar refractivity (Wildman–Crippen MR) is 94.8 cm³/mol. The van der Waals surface area contributed by atoms with E-state index in [9.17, 15) is 9.90 Å². The van der Waals surface area contributed by atoms with Gasteiger partial charge in [-0.25, -0.2) is 4.79 Å². The van der Waals surface area contributed by atoms with E-state index in [1.54, 1.807) is 19.3 Å². The van der Waals surface area contributed by atoms with Crippen LogP contribution in [0.25, 0.3) is 0 Å². The van der Waals surface area contributed by atoms with Gasteiger partial charge in [0.15, 0.2) is 0 Å². The van der Waals surface area contributed by atoms with Crippen molar-refractivity contribution < 1.29 is 24.1 Å². The molecule has 1 amide bonds. The van der Waals surface area contributed by atoms with E-state index in [0.717, 1.165) is 12.8 Å². The molecule has 6 nitrogen and oxygen atoms in total. The van der Waals surface area contributed by atoms with Gasteiger partial charge in [0.25, 0.3) is 0 Å². The van der Waals surface area contributed by atoms with E-state index >= 15 is 0 Å². The van der Waals surface area contributed by atoms with Crippen LogP contribution in [0.1, 0.15) is 46.5 Å². The third-order valence-electron chi connectivity index (χ3n) is 2.96. The lowest BCUT2D eigenvalue weighted by Crippen LogP contribution is -2.33. The monoisotopic (exact) mass is 343 g/mol. The van der Waals surface area contributed by atoms with E-state index in [1.807, 2.05) is 26.8 Å². The van der Waals surface area contributed by atoms with Crippen molar-refractivity contribution in [2.24, 2.45) is 0 Å². The first kappa shape index (κ1) is 22.6. The van der Waals surface area contributed by atoms with Crippen LogP contribution in [0.2, 0.25) is 0 Å². The number of ether oxygens (including phenoxy) is 3. The Hall–Kier alpha value is -1.37. The first-order valence-corrected chi connectivity index (χ1v) is 8.31. The van der Waals surface area contributed by atoms with E-state index in [4.69, 9.17) is 14.2 Å². The molecule has 0 rings (SSSR count). The smallest absolute Gasteiger partial charge is 0.407 e. The van der Waals surface area contributed by atoms with E-state index in [0.29, 0.717) is 19.4 Å². The SMILES string of the molecule is C=CC[C@H](O)/C=C/C[C@@H](CCCNC(=O)OC(C)(C)C)OCOC. The highest BCUT2D eigenvalue weighted by Gasteiger charge is 2.15. The zero-order valence-electron chi connectivity index (χ0n) is 15.4. The number of nitrogens with one attached hydrogen (secondary N) is 1. The third-order valence-corrected chi connectivity index (χ3v) is 2.96. The van der Waals surface area contributed by atoms with E-state index < -0.39 is 17.8 Å². The predicted octanol–water partition coefficient (Wildman–Crippen LogP) is 3.16. The van der Waals surface area contributed by atoms with Crippen molar-refractivity contribution in [3.63, 3.8) is 0 Å². The van der Waals surface area contributed by atoms with Crippen LogP contribution in [0, 0.1) is 0 Å². The summed E-state index contributed by atoms with van der Waals surface area (Å²) in [5.74, 6) is 0. The van der Waals surface area contributed by atoms with Crippen LogP contribution in [-0.2, 0) is 14.2 Å². The summed E-state index contributed by atoms with van der Waals surface area (Å²) in [6, 6.07) is 0. The highest BCUT2D eigenvalue weighted by Crippen LogP contribution is 2.10. The number of alkyl carbamates (subject to hydrolysis) is 1. The number of aliphatic hydroxyl groups excluding tert-OH is 1. The summed E-state index contributed by atoms with van der Waals surface area (Å²) < 4.78 is 15.7. The van der Waals surface area contributed by atoms with Crippen LogP contribution < -0.4 is 5.32 Å². The van der Waals surface area contributed by atoms with Crippen LogP contribution >= 0.6 is 0 Å². The Kier molecular flexibility index (Phi) is 12.2. The number of carbonyl (C=O) groups is 1. The summed E-state index contributed by atoms with van der Waals surface area (Å²) in [6.07, 6.45) is 7.08. The summed E-state index contributed by atoms with van der Waals surface area (Å²) >= 11 is 0. The molecule has 0 aliphatic heterocycles. The van der Waals surface area contributed by atoms with Crippen molar-refractivity contribution in [1.82, 2.24) is 5.32 Å². The number of carbonyl (C=O) groups excluding carboxylic acids is 1. The van der Waals surface area contributed by atoms with Gasteiger partial charge >= 0.3 is 6.09 Å². The summed E-state index contributed by atoms with van der Waals surface area (Å²) in [5.41, 5.74) is -0.495. The van der Waals surface area contributed by atoms with Gasteiger partial charge in [0.1, 0.15) is 12.4 Å². The largest absolute Gasteiger partial charge is 0.444 e. The fourth-order valence-electron chi connectivity index (χ4n) is 1.90. The number of rotatable bonds is 12. The number of hydrogen-bond acceptors (Lipinski definition) is 5. The average Bonchev–Trinajstić information content (AvgIpc) is 2.46. The molecule has 0 saturated carbocycles. The standard InChI is InChI=1S/C18H33NO5/c1-6-9-15(20)10-7-11-16(23-14-22-5)12-8-13-19-17(21)24-18(2,3)4/h6-7,10,15-16,20H,1,8-9,11-14H2,2-5H3,(H,19,21)/b10-7+/t15-,16-/m0/s1. The number of hydrogen-bond donors (Lipinski definition) is 2. The van der Waals surface area contributed by atoms with Crippen LogP contribution in [0.15, 0.2) is 24.8 Å². The molecular weight excluding hydrogens is 310 g/mol. The molecule has 0 heterocycles. The first-order chi connectivity index (χ1) is 11.3. The van der Waals surface area contributed by atoms with E-state index in [1.165, 1.54) is 0 Å². The molecule has 0 bridgehead atoms. The molecule has 0 radical (unpaired) electrons. The minimum absolute atomic E-state index is 0.0300. The Morgan fingerprint density at radius 3 is 2.62 bits per heavy atom. The minimum Gasteiger partial charge on any atom is -0.444 e. The molecule has 0 aliphatic carbocycles. The topological polar surface area (TPSA) is 77.0 Å². The van der Waals surface area contributed by atoms with Crippen molar-refractivity contribution in [1.29, 1.82) is 0 Å². The Bertz CT molecular complexity index is 376. The highest BCUT2D eigenvalue weighted by molar-refractivity contribution is 5.67. The van der Waals surface area contributed by atoms with Crippen molar-refractivity contribution >= 4 is 6.09 Å². The average molecular weight is 343 g/mol. The maximum Gasteiger partial charge on any atom is 0.407 e. The van der Waals surface area contributed by atoms with Crippen molar-refractivity contribution in [2.45, 2.75) is 64.3 Å². The van der Waals surface area contributed by atoms with Crippen molar-refractivity contribution in [2.75, 3.05) is 20.4 Å². The van der Waals surface area contributed by atoms with Gasteiger partial charge in [-0.05, 0) is 46.5 Å². The van der Waals surface area contributed by atoms with Gasteiger partial charge in [0.05, 0.1) is 12.2 Å². The Morgan fingerprint density at radius 2 is 2.04 bits per heavy atom. The summed E-state index contributed by atoms with van der Waals surface area (Å²) in [7, 11) is 1.57. The Balaban J connectivity index is 4.10. The maximum absolute atomic E-state index is 11.6. The zero-order valence-corrected chi connectivity index (χ0v) is 15.4. The van der Waals surface area contributed by atoms with Gasteiger partial charge in [-0.1, -0.05) is 18.2 Å². The quantitative estimate of drug-likeness (QED) is 0.323. The van der Waals surface area contributed by atoms with Crippen LogP contribution in [0.5, 0.6) is 0 Å². The molecule has 6 heteroatoms. The number of aliphatic hydroxyl groups is 1. The fourth-order valence-corrected chi connectivity index (χ4v) is 1.90. The Morgan fingerprint density at radius 1 is 1.33 bits per heavy atom. The summed E-state index contributed by atoms with van der Waals surface area (Å²) in [4.78, 5) is 11.6. The molecule has 0 spiro atoms. The lowest BCUT2D eigenvalue weighted by atomic mass is 10.1. The Labute approximate surface area is 145 Å². The molecule has 0 unspecified atom stereocenters. The minimum atomic E-state index is -0.514. The third kappa shape index (κ3) is 14.2. The summed E-state index contributed by atoms with van der Waals surface area (Å²) in [5, 5.41) is 12.3. The van der Waals surface area contributed by atoms with Crippen LogP contribution in [-0.4, -0.2) is 49.5 Å². The second kappa shape index (κ2) is 13.0. The molecule has 2 atom stereocenters. The highest BCUT2D eigenvalue weighted by atomic mass is 16.7.